The summed E-state index contributed by atoms with van der Waals surface area (Å²) >= 11 is 0. The second-order valence-electron chi connectivity index (χ2n) is 5.04. The van der Waals surface area contributed by atoms with Gasteiger partial charge < -0.3 is 5.11 Å². The van der Waals surface area contributed by atoms with Crippen LogP contribution < -0.4 is 0 Å². The van der Waals surface area contributed by atoms with Gasteiger partial charge in [-0.1, -0.05) is 0 Å². The summed E-state index contributed by atoms with van der Waals surface area (Å²) in [4.78, 5) is 3.62. The molecule has 2 rings (SSSR count). The summed E-state index contributed by atoms with van der Waals surface area (Å²) < 4.78 is 39.4. The first-order chi connectivity index (χ1) is 8.83. The highest BCUT2D eigenvalue weighted by Crippen LogP contribution is 2.25. The average molecular weight is 288 g/mol. The van der Waals surface area contributed by atoms with Crippen LogP contribution in [0, 0.1) is 5.82 Å². The molecule has 1 saturated heterocycles. The van der Waals surface area contributed by atoms with E-state index >= 15 is 0 Å². The first-order valence-electron chi connectivity index (χ1n) is 6.16. The van der Waals surface area contributed by atoms with Gasteiger partial charge in [-0.3, -0.25) is 0 Å². The molecule has 0 saturated carbocycles. The van der Waals surface area contributed by atoms with Crippen LogP contribution in [0.15, 0.2) is 23.4 Å². The molecule has 1 aromatic rings. The van der Waals surface area contributed by atoms with Gasteiger partial charge in [0.2, 0.25) is 5.03 Å². The van der Waals surface area contributed by atoms with Gasteiger partial charge in [0.25, 0.3) is 10.0 Å². The van der Waals surface area contributed by atoms with E-state index < -0.39 is 26.5 Å². The highest BCUT2D eigenvalue weighted by molar-refractivity contribution is 7.89. The molecule has 0 amide bonds. The molecule has 0 aromatic carbocycles. The molecule has 0 radical (unpaired) electrons. The third kappa shape index (κ3) is 3.10. The molecule has 1 N–H and O–H groups in total. The zero-order valence-electron chi connectivity index (χ0n) is 10.7. The Bertz CT molecular complexity index is 560. The maximum absolute atomic E-state index is 13.6. The molecule has 1 fully saturated rings. The second kappa shape index (κ2) is 5.15. The SMILES string of the molecule is CC1(O)CCCN(S(=O)(=O)c2ncccc2F)CC1. The maximum Gasteiger partial charge on any atom is 0.263 e. The van der Waals surface area contributed by atoms with Crippen LogP contribution >= 0.6 is 0 Å². The molecule has 0 aliphatic carbocycles. The van der Waals surface area contributed by atoms with E-state index in [0.29, 0.717) is 19.3 Å². The molecular weight excluding hydrogens is 271 g/mol. The lowest BCUT2D eigenvalue weighted by molar-refractivity contribution is 0.0465. The van der Waals surface area contributed by atoms with Gasteiger partial charge in [0.15, 0.2) is 5.82 Å². The highest BCUT2D eigenvalue weighted by atomic mass is 32.2. The van der Waals surface area contributed by atoms with E-state index in [1.807, 2.05) is 0 Å². The van der Waals surface area contributed by atoms with Crippen LogP contribution in [0.3, 0.4) is 0 Å². The number of rotatable bonds is 2. The molecule has 1 aromatic heterocycles. The van der Waals surface area contributed by atoms with Crippen LogP contribution in [0.25, 0.3) is 0 Å². The van der Waals surface area contributed by atoms with E-state index in [4.69, 9.17) is 0 Å². The number of pyridine rings is 1. The molecule has 1 atom stereocenters. The third-order valence-electron chi connectivity index (χ3n) is 3.33. The average Bonchev–Trinajstić information content (AvgIpc) is 2.51. The van der Waals surface area contributed by atoms with Crippen molar-refractivity contribution in [1.29, 1.82) is 0 Å². The first kappa shape index (κ1) is 14.4. The largest absolute Gasteiger partial charge is 0.390 e. The summed E-state index contributed by atoms with van der Waals surface area (Å²) in [6.45, 7) is 2.13. The fraction of sp³-hybridized carbons (Fsp3) is 0.583. The smallest absolute Gasteiger partial charge is 0.263 e. The molecule has 106 valence electrons. The van der Waals surface area contributed by atoms with Crippen molar-refractivity contribution in [2.24, 2.45) is 0 Å². The van der Waals surface area contributed by atoms with E-state index in [-0.39, 0.29) is 13.1 Å². The fourth-order valence-electron chi connectivity index (χ4n) is 2.16. The summed E-state index contributed by atoms with van der Waals surface area (Å²) in [6.07, 6.45) is 2.66. The van der Waals surface area contributed by atoms with E-state index in [9.17, 15) is 17.9 Å². The zero-order valence-corrected chi connectivity index (χ0v) is 11.5. The normalized spacial score (nSPS) is 26.1. The Hall–Kier alpha value is -1.05. The zero-order chi connectivity index (χ0) is 14.1. The van der Waals surface area contributed by atoms with Gasteiger partial charge in [-0.15, -0.1) is 0 Å². The lowest BCUT2D eigenvalue weighted by Gasteiger charge is -2.22. The van der Waals surface area contributed by atoms with Crippen LogP contribution in [0.4, 0.5) is 4.39 Å². The second-order valence-corrected chi connectivity index (χ2v) is 6.90. The predicted octanol–water partition coefficient (Wildman–Crippen LogP) is 1.15. The summed E-state index contributed by atoms with van der Waals surface area (Å²) in [6, 6.07) is 2.43. The van der Waals surface area contributed by atoms with Gasteiger partial charge >= 0.3 is 0 Å². The van der Waals surface area contributed by atoms with E-state index in [0.717, 1.165) is 6.07 Å². The molecule has 19 heavy (non-hydrogen) atoms. The van der Waals surface area contributed by atoms with Gasteiger partial charge in [0, 0.05) is 19.3 Å². The Kier molecular flexibility index (Phi) is 3.89. The van der Waals surface area contributed by atoms with E-state index in [1.54, 1.807) is 6.92 Å². The molecule has 0 spiro atoms. The fourth-order valence-corrected chi connectivity index (χ4v) is 3.62. The maximum atomic E-state index is 13.6. The van der Waals surface area contributed by atoms with Crippen molar-refractivity contribution in [1.82, 2.24) is 9.29 Å². The molecule has 5 nitrogen and oxygen atoms in total. The minimum atomic E-state index is -3.93. The Morgan fingerprint density at radius 1 is 1.42 bits per heavy atom. The number of aliphatic hydroxyl groups is 1. The Balaban J connectivity index is 2.28. The van der Waals surface area contributed by atoms with Crippen molar-refractivity contribution in [3.05, 3.63) is 24.1 Å². The summed E-state index contributed by atoms with van der Waals surface area (Å²) in [5, 5.41) is 9.41. The molecule has 2 heterocycles. The Labute approximate surface area is 112 Å². The molecule has 7 heteroatoms. The standard InChI is InChI=1S/C12H17FN2O3S/c1-12(16)5-3-8-15(9-6-12)19(17,18)11-10(13)4-2-7-14-11/h2,4,7,16H,3,5-6,8-9H2,1H3. The van der Waals surface area contributed by atoms with Crippen molar-refractivity contribution in [3.63, 3.8) is 0 Å². The van der Waals surface area contributed by atoms with E-state index in [2.05, 4.69) is 4.98 Å². The van der Waals surface area contributed by atoms with Gasteiger partial charge in [0.05, 0.1) is 5.60 Å². The summed E-state index contributed by atoms with van der Waals surface area (Å²) in [7, 11) is -3.93. The number of aromatic nitrogens is 1. The van der Waals surface area contributed by atoms with Crippen molar-refractivity contribution < 1.29 is 17.9 Å². The van der Waals surface area contributed by atoms with Gasteiger partial charge in [0.1, 0.15) is 0 Å². The predicted molar refractivity (Wildman–Crippen MR) is 67.4 cm³/mol. The summed E-state index contributed by atoms with van der Waals surface area (Å²) in [5.41, 5.74) is -0.868. The highest BCUT2D eigenvalue weighted by Gasteiger charge is 2.33. The van der Waals surface area contributed by atoms with Crippen LogP contribution in [0.5, 0.6) is 0 Å². The van der Waals surface area contributed by atoms with Crippen molar-refractivity contribution >= 4 is 10.0 Å². The van der Waals surface area contributed by atoms with Crippen molar-refractivity contribution in [2.75, 3.05) is 13.1 Å². The number of halogens is 1. The molecule has 1 aliphatic heterocycles. The molecule has 1 unspecified atom stereocenters. The lowest BCUT2D eigenvalue weighted by Crippen LogP contribution is -2.34. The quantitative estimate of drug-likeness (QED) is 0.886. The molecule has 0 bridgehead atoms. The number of hydrogen-bond donors (Lipinski definition) is 1. The number of nitrogens with zero attached hydrogens (tertiary/aromatic N) is 2. The Morgan fingerprint density at radius 2 is 2.16 bits per heavy atom. The van der Waals surface area contributed by atoms with Gasteiger partial charge in [-0.25, -0.2) is 17.8 Å². The van der Waals surface area contributed by atoms with E-state index in [1.165, 1.54) is 16.6 Å². The Morgan fingerprint density at radius 3 is 2.84 bits per heavy atom. The van der Waals surface area contributed by atoms with Crippen LogP contribution in [0.2, 0.25) is 0 Å². The van der Waals surface area contributed by atoms with Crippen LogP contribution in [-0.2, 0) is 10.0 Å². The van der Waals surface area contributed by atoms with Crippen LogP contribution in [0.1, 0.15) is 26.2 Å². The lowest BCUT2D eigenvalue weighted by atomic mass is 9.98. The monoisotopic (exact) mass is 288 g/mol. The molecular formula is C12H17FN2O3S. The summed E-state index contributed by atoms with van der Waals surface area (Å²) in [5.74, 6) is -0.849. The number of sulfonamides is 1. The topological polar surface area (TPSA) is 70.5 Å². The van der Waals surface area contributed by atoms with Gasteiger partial charge in [-0.2, -0.15) is 4.31 Å². The first-order valence-corrected chi connectivity index (χ1v) is 7.60. The minimum absolute atomic E-state index is 0.172. The minimum Gasteiger partial charge on any atom is -0.390 e. The van der Waals surface area contributed by atoms with Gasteiger partial charge in [-0.05, 0) is 38.3 Å². The molecule has 1 aliphatic rings. The van der Waals surface area contributed by atoms with Crippen LogP contribution in [-0.4, -0.2) is 41.5 Å². The van der Waals surface area contributed by atoms with Crippen molar-refractivity contribution in [2.45, 2.75) is 36.8 Å². The number of hydrogen-bond acceptors (Lipinski definition) is 4. The third-order valence-corrected chi connectivity index (χ3v) is 5.17. The van der Waals surface area contributed by atoms with Crippen molar-refractivity contribution in [3.8, 4) is 0 Å².